The van der Waals surface area contributed by atoms with Crippen molar-refractivity contribution in [2.75, 3.05) is 23.8 Å². The van der Waals surface area contributed by atoms with Crippen LogP contribution in [0.5, 0.6) is 0 Å². The Hall–Kier alpha value is -3.31. The van der Waals surface area contributed by atoms with Crippen LogP contribution in [0.3, 0.4) is 0 Å². The van der Waals surface area contributed by atoms with E-state index < -0.39 is 23.4 Å². The van der Waals surface area contributed by atoms with E-state index in [9.17, 15) is 19.7 Å². The lowest BCUT2D eigenvalue weighted by Gasteiger charge is -2.07. The highest BCUT2D eigenvalue weighted by Crippen LogP contribution is 2.30. The van der Waals surface area contributed by atoms with Crippen molar-refractivity contribution in [2.45, 2.75) is 19.8 Å². The van der Waals surface area contributed by atoms with Crippen LogP contribution in [0.4, 0.5) is 16.5 Å². The zero-order valence-corrected chi connectivity index (χ0v) is 18.3. The molecule has 1 amide bonds. The highest BCUT2D eigenvalue weighted by atomic mass is 32.1. The number of aryl methyl sites for hydroxylation is 1. The minimum atomic E-state index is -0.639. The van der Waals surface area contributed by atoms with Crippen molar-refractivity contribution >= 4 is 51.1 Å². The van der Waals surface area contributed by atoms with Gasteiger partial charge in [0.15, 0.2) is 11.7 Å². The van der Waals surface area contributed by atoms with Crippen molar-refractivity contribution < 1.29 is 19.2 Å². The van der Waals surface area contributed by atoms with Gasteiger partial charge in [-0.15, -0.1) is 22.7 Å². The largest absolute Gasteiger partial charge is 0.456 e. The van der Waals surface area contributed by atoms with Gasteiger partial charge in [-0.25, -0.2) is 4.98 Å². The van der Waals surface area contributed by atoms with Gasteiger partial charge >= 0.3 is 5.97 Å². The van der Waals surface area contributed by atoms with E-state index in [2.05, 4.69) is 21.7 Å². The molecule has 0 aliphatic rings. The fourth-order valence-corrected chi connectivity index (χ4v) is 4.25. The summed E-state index contributed by atoms with van der Waals surface area (Å²) in [6.07, 6.45) is 0.645. The number of carbonyl (C=O) groups is 2. The molecule has 0 atom stereocenters. The van der Waals surface area contributed by atoms with Crippen LogP contribution in [-0.4, -0.2) is 34.9 Å². The van der Waals surface area contributed by atoms with E-state index >= 15 is 0 Å². The quantitative estimate of drug-likeness (QED) is 0.198. The van der Waals surface area contributed by atoms with Crippen molar-refractivity contribution in [2.24, 2.45) is 0 Å². The average molecular weight is 461 g/mol. The lowest BCUT2D eigenvalue weighted by Crippen LogP contribution is -2.21. The monoisotopic (exact) mass is 460 g/mol. The average Bonchev–Trinajstić information content (AvgIpc) is 3.39. The number of thiophene rings is 1. The number of benzene rings is 1. The van der Waals surface area contributed by atoms with Gasteiger partial charge in [0.05, 0.1) is 15.5 Å². The number of thiazole rings is 1. The molecule has 2 N–H and O–H groups in total. The van der Waals surface area contributed by atoms with Crippen molar-refractivity contribution in [1.29, 1.82) is 0 Å². The third kappa shape index (κ3) is 6.59. The Kier molecular flexibility index (Phi) is 7.68. The van der Waals surface area contributed by atoms with Gasteiger partial charge < -0.3 is 15.4 Å². The number of anilines is 2. The first kappa shape index (κ1) is 22.4. The fourth-order valence-electron chi connectivity index (χ4n) is 2.61. The minimum absolute atomic E-state index is 0.0540. The summed E-state index contributed by atoms with van der Waals surface area (Å²) < 4.78 is 4.93. The molecule has 162 valence electrons. The fraction of sp³-hybridized carbons (Fsp3) is 0.250. The van der Waals surface area contributed by atoms with E-state index in [1.165, 1.54) is 34.4 Å². The van der Waals surface area contributed by atoms with E-state index in [1.54, 1.807) is 17.4 Å². The molecule has 11 heteroatoms. The normalized spacial score (nSPS) is 10.5. The summed E-state index contributed by atoms with van der Waals surface area (Å²) in [6, 6.07) is 9.85. The minimum Gasteiger partial charge on any atom is -0.456 e. The number of ether oxygens (including phenoxy) is 1. The molecular formula is C20H20N4O5S2. The third-order valence-electron chi connectivity index (χ3n) is 4.07. The van der Waals surface area contributed by atoms with Gasteiger partial charge in [0.25, 0.3) is 11.6 Å². The van der Waals surface area contributed by atoms with Gasteiger partial charge in [-0.2, -0.15) is 0 Å². The molecule has 9 nitrogen and oxygen atoms in total. The highest BCUT2D eigenvalue weighted by Gasteiger charge is 2.15. The van der Waals surface area contributed by atoms with Crippen LogP contribution in [0.2, 0.25) is 0 Å². The van der Waals surface area contributed by atoms with E-state index in [4.69, 9.17) is 4.74 Å². The molecular weight excluding hydrogens is 440 g/mol. The number of amides is 1. The number of hydrogen-bond acceptors (Lipinski definition) is 9. The molecule has 2 aromatic heterocycles. The summed E-state index contributed by atoms with van der Waals surface area (Å²) >= 11 is 3.18. The molecule has 3 aromatic rings. The van der Waals surface area contributed by atoms with E-state index in [-0.39, 0.29) is 17.8 Å². The summed E-state index contributed by atoms with van der Waals surface area (Å²) in [5.41, 5.74) is 0.751. The van der Waals surface area contributed by atoms with E-state index in [0.29, 0.717) is 13.0 Å². The predicted molar refractivity (Wildman–Crippen MR) is 121 cm³/mol. The summed E-state index contributed by atoms with van der Waals surface area (Å²) in [5, 5.41) is 19.3. The van der Waals surface area contributed by atoms with Crippen LogP contribution in [0.1, 0.15) is 17.7 Å². The summed E-state index contributed by atoms with van der Waals surface area (Å²) in [7, 11) is 0. The second kappa shape index (κ2) is 10.6. The van der Waals surface area contributed by atoms with Crippen LogP contribution >= 0.6 is 22.7 Å². The molecule has 3 rings (SSSR count). The highest BCUT2D eigenvalue weighted by molar-refractivity contribution is 7.16. The second-order valence-corrected chi connectivity index (χ2v) is 8.61. The molecule has 0 spiro atoms. The number of para-hydroxylation sites is 2. The Morgan fingerprint density at radius 3 is 2.77 bits per heavy atom. The topological polar surface area (TPSA) is 123 Å². The number of aromatic nitrogens is 1. The Balaban J connectivity index is 1.35. The van der Waals surface area contributed by atoms with Gasteiger partial charge in [0, 0.05) is 29.3 Å². The number of carbonyl (C=O) groups excluding carboxylic acids is 2. The van der Waals surface area contributed by atoms with Crippen molar-refractivity contribution in [1.82, 2.24) is 4.98 Å². The molecule has 0 saturated carbocycles. The van der Waals surface area contributed by atoms with Crippen molar-refractivity contribution in [3.63, 3.8) is 0 Å². The van der Waals surface area contributed by atoms with Gasteiger partial charge in [-0.1, -0.05) is 12.1 Å². The third-order valence-corrected chi connectivity index (χ3v) is 5.89. The number of nitrogens with zero attached hydrogens (tertiary/aromatic N) is 2. The second-order valence-electron chi connectivity index (χ2n) is 6.46. The summed E-state index contributed by atoms with van der Waals surface area (Å²) in [4.78, 5) is 41.0. The van der Waals surface area contributed by atoms with Crippen LogP contribution in [0, 0.1) is 17.0 Å². The number of rotatable bonds is 10. The number of nitrogens with one attached hydrogen (secondary N) is 2. The smallest absolute Gasteiger partial charge is 0.306 e. The predicted octanol–water partition coefficient (Wildman–Crippen LogP) is 4.46. The Morgan fingerprint density at radius 2 is 2.03 bits per heavy atom. The SMILES string of the molecule is Cc1ccc(-c2csc(NCCCC(=O)OCC(=O)Nc3ccccc3[N+](=O)[O-])n2)s1. The first-order chi connectivity index (χ1) is 14.9. The number of nitro groups is 1. The first-order valence-corrected chi connectivity index (χ1v) is 11.1. The van der Waals surface area contributed by atoms with Gasteiger partial charge in [-0.3, -0.25) is 19.7 Å². The molecule has 2 heterocycles. The van der Waals surface area contributed by atoms with E-state index in [0.717, 1.165) is 15.7 Å². The zero-order chi connectivity index (χ0) is 22.2. The molecule has 0 bridgehead atoms. The lowest BCUT2D eigenvalue weighted by atomic mass is 10.2. The van der Waals surface area contributed by atoms with Crippen molar-refractivity contribution in [3.8, 4) is 10.6 Å². The Labute approximate surface area is 186 Å². The van der Waals surface area contributed by atoms with Crippen molar-refractivity contribution in [3.05, 3.63) is 56.8 Å². The van der Waals surface area contributed by atoms with Crippen LogP contribution < -0.4 is 10.6 Å². The lowest BCUT2D eigenvalue weighted by molar-refractivity contribution is -0.383. The van der Waals surface area contributed by atoms with E-state index in [1.807, 2.05) is 18.4 Å². The zero-order valence-electron chi connectivity index (χ0n) is 16.6. The summed E-state index contributed by atoms with van der Waals surface area (Å²) in [5.74, 6) is -1.16. The number of hydrogen-bond donors (Lipinski definition) is 2. The Morgan fingerprint density at radius 1 is 1.23 bits per heavy atom. The molecule has 0 unspecified atom stereocenters. The van der Waals surface area contributed by atoms with Crippen LogP contribution in [0.25, 0.3) is 10.6 Å². The summed E-state index contributed by atoms with van der Waals surface area (Å²) in [6.45, 7) is 2.08. The molecule has 1 aromatic carbocycles. The van der Waals surface area contributed by atoms with Crippen LogP contribution in [-0.2, 0) is 14.3 Å². The van der Waals surface area contributed by atoms with Gasteiger partial charge in [0.1, 0.15) is 5.69 Å². The maximum Gasteiger partial charge on any atom is 0.306 e. The number of esters is 1. The molecule has 0 radical (unpaired) electrons. The first-order valence-electron chi connectivity index (χ1n) is 9.37. The molecule has 0 fully saturated rings. The maximum absolute atomic E-state index is 11.9. The van der Waals surface area contributed by atoms with Gasteiger partial charge in [0.2, 0.25) is 0 Å². The van der Waals surface area contributed by atoms with Gasteiger partial charge in [-0.05, 0) is 31.5 Å². The standard InChI is InChI=1S/C20H20N4O5S2/c1-13-8-9-17(31-13)15-12-30-20(23-15)21-10-4-7-19(26)29-11-18(25)22-14-5-2-3-6-16(14)24(27)28/h2-3,5-6,8-9,12H,4,7,10-11H2,1H3,(H,21,23)(H,22,25). The molecule has 0 aliphatic carbocycles. The molecule has 31 heavy (non-hydrogen) atoms. The maximum atomic E-state index is 11.9. The molecule has 0 aliphatic heterocycles. The van der Waals surface area contributed by atoms with Crippen LogP contribution in [0.15, 0.2) is 41.8 Å². The molecule has 0 saturated heterocycles. The number of nitro benzene ring substituents is 1. The Bertz CT molecular complexity index is 1080.